The summed E-state index contributed by atoms with van der Waals surface area (Å²) in [5.74, 6) is 0. The lowest BCUT2D eigenvalue weighted by Gasteiger charge is -2.03. The summed E-state index contributed by atoms with van der Waals surface area (Å²) in [4.78, 5) is 10.3. The second kappa shape index (κ2) is 7.13. The third kappa shape index (κ3) is 4.30. The number of para-hydroxylation sites is 1. The fraction of sp³-hybridized carbons (Fsp3) is 0.0909. The lowest BCUT2D eigenvalue weighted by Crippen LogP contribution is -2.31. The molecule has 1 aromatic rings. The third-order valence-corrected chi connectivity index (χ3v) is 2.15. The van der Waals surface area contributed by atoms with Crippen molar-refractivity contribution in [1.82, 2.24) is 10.7 Å². The molecule has 0 aromatic heterocycles. The summed E-state index contributed by atoms with van der Waals surface area (Å²) in [7, 11) is 0. The molecule has 94 valence electrons. The maximum absolute atomic E-state index is 10.7. The van der Waals surface area contributed by atoms with Crippen molar-refractivity contribution in [2.45, 2.75) is 0 Å². The molecule has 0 aliphatic rings. The van der Waals surface area contributed by atoms with Crippen LogP contribution in [0.15, 0.2) is 42.0 Å². The van der Waals surface area contributed by atoms with Gasteiger partial charge in [0.15, 0.2) is 5.11 Å². The largest absolute Gasteiger partial charge is 0.358 e. The number of hydrazone groups is 1. The highest BCUT2D eigenvalue weighted by molar-refractivity contribution is 7.80. The van der Waals surface area contributed by atoms with Gasteiger partial charge in [0.2, 0.25) is 0 Å². The minimum absolute atomic E-state index is 0.00646. The summed E-state index contributed by atoms with van der Waals surface area (Å²) < 4.78 is 0. The minimum atomic E-state index is -0.463. The normalized spacial score (nSPS) is 10.0. The highest BCUT2D eigenvalue weighted by atomic mass is 32.1. The molecule has 0 amide bonds. The van der Waals surface area contributed by atoms with Gasteiger partial charge in [0.25, 0.3) is 5.69 Å². The number of nitrogens with one attached hydrogen (secondary N) is 2. The van der Waals surface area contributed by atoms with Gasteiger partial charge in [0.1, 0.15) is 0 Å². The Morgan fingerprint density at radius 2 is 2.28 bits per heavy atom. The molecule has 0 heterocycles. The number of hydrogen-bond donors (Lipinski definition) is 2. The van der Waals surface area contributed by atoms with E-state index in [1.807, 2.05) is 0 Å². The summed E-state index contributed by atoms with van der Waals surface area (Å²) >= 11 is 4.90. The number of nitro groups is 1. The van der Waals surface area contributed by atoms with Crippen molar-refractivity contribution in [2.24, 2.45) is 5.10 Å². The molecule has 0 saturated heterocycles. The molecule has 6 nitrogen and oxygen atoms in total. The average molecular weight is 264 g/mol. The summed E-state index contributed by atoms with van der Waals surface area (Å²) in [5, 5.41) is 17.7. The van der Waals surface area contributed by atoms with Gasteiger partial charge in [-0.25, -0.2) is 0 Å². The highest BCUT2D eigenvalue weighted by Crippen LogP contribution is 2.14. The summed E-state index contributed by atoms with van der Waals surface area (Å²) in [6, 6.07) is 6.31. The summed E-state index contributed by atoms with van der Waals surface area (Å²) in [6.45, 7) is 4.05. The van der Waals surface area contributed by atoms with Crippen LogP contribution in [-0.4, -0.2) is 22.8 Å². The van der Waals surface area contributed by atoms with Crippen LogP contribution in [0.2, 0.25) is 0 Å². The van der Waals surface area contributed by atoms with Gasteiger partial charge in [0.05, 0.1) is 16.7 Å². The molecular weight excluding hydrogens is 252 g/mol. The average Bonchev–Trinajstić information content (AvgIpc) is 2.36. The maximum atomic E-state index is 10.7. The van der Waals surface area contributed by atoms with Gasteiger partial charge in [-0.15, -0.1) is 6.58 Å². The van der Waals surface area contributed by atoms with Gasteiger partial charge in [-0.2, -0.15) is 5.10 Å². The first kappa shape index (κ1) is 13.8. The lowest BCUT2D eigenvalue weighted by atomic mass is 10.2. The molecule has 1 rings (SSSR count). The zero-order chi connectivity index (χ0) is 13.4. The van der Waals surface area contributed by atoms with E-state index in [0.717, 1.165) is 0 Å². The van der Waals surface area contributed by atoms with E-state index >= 15 is 0 Å². The van der Waals surface area contributed by atoms with Crippen molar-refractivity contribution in [3.8, 4) is 0 Å². The molecule has 2 N–H and O–H groups in total. The fourth-order valence-electron chi connectivity index (χ4n) is 1.13. The van der Waals surface area contributed by atoms with E-state index in [1.54, 1.807) is 24.3 Å². The van der Waals surface area contributed by atoms with E-state index in [1.165, 1.54) is 12.3 Å². The summed E-state index contributed by atoms with van der Waals surface area (Å²) in [6.07, 6.45) is 3.00. The minimum Gasteiger partial charge on any atom is -0.358 e. The number of nitrogens with zero attached hydrogens (tertiary/aromatic N) is 2. The predicted molar refractivity (Wildman–Crippen MR) is 74.6 cm³/mol. The van der Waals surface area contributed by atoms with Gasteiger partial charge >= 0.3 is 0 Å². The Labute approximate surface area is 110 Å². The van der Waals surface area contributed by atoms with Crippen molar-refractivity contribution >= 4 is 29.2 Å². The first-order valence-corrected chi connectivity index (χ1v) is 5.47. The number of hydrogen-bond acceptors (Lipinski definition) is 4. The lowest BCUT2D eigenvalue weighted by molar-refractivity contribution is -0.385. The Bertz CT molecular complexity index is 488. The van der Waals surface area contributed by atoms with Crippen LogP contribution in [0.4, 0.5) is 5.69 Å². The van der Waals surface area contributed by atoms with Crippen LogP contribution in [0.1, 0.15) is 5.56 Å². The smallest absolute Gasteiger partial charge is 0.278 e. The molecule has 0 saturated carbocycles. The number of rotatable bonds is 5. The number of benzene rings is 1. The zero-order valence-corrected chi connectivity index (χ0v) is 10.3. The van der Waals surface area contributed by atoms with Gasteiger partial charge in [-0.1, -0.05) is 18.2 Å². The Hall–Kier alpha value is -2.28. The van der Waals surface area contributed by atoms with Gasteiger partial charge in [-0.05, 0) is 18.3 Å². The van der Waals surface area contributed by atoms with Crippen LogP contribution in [0.3, 0.4) is 0 Å². The second-order valence-electron chi connectivity index (χ2n) is 3.18. The number of thiocarbonyl (C=S) groups is 1. The van der Waals surface area contributed by atoms with E-state index in [2.05, 4.69) is 22.4 Å². The SMILES string of the molecule is C=CCNC(=S)N/N=C/c1ccccc1[N+](=O)[O-]. The summed E-state index contributed by atoms with van der Waals surface area (Å²) in [5.41, 5.74) is 2.95. The van der Waals surface area contributed by atoms with Crippen LogP contribution in [0.5, 0.6) is 0 Å². The Kier molecular flexibility index (Phi) is 5.46. The van der Waals surface area contributed by atoms with Crippen LogP contribution in [-0.2, 0) is 0 Å². The molecule has 18 heavy (non-hydrogen) atoms. The first-order valence-electron chi connectivity index (χ1n) is 5.06. The number of nitro benzene ring substituents is 1. The fourth-order valence-corrected chi connectivity index (χ4v) is 1.26. The molecule has 0 atom stereocenters. The van der Waals surface area contributed by atoms with Crippen molar-refractivity contribution in [3.63, 3.8) is 0 Å². The zero-order valence-electron chi connectivity index (χ0n) is 9.50. The van der Waals surface area contributed by atoms with Crippen LogP contribution in [0, 0.1) is 10.1 Å². The monoisotopic (exact) mass is 264 g/mol. The van der Waals surface area contributed by atoms with Crippen molar-refractivity contribution in [2.75, 3.05) is 6.54 Å². The van der Waals surface area contributed by atoms with Gasteiger partial charge in [-0.3, -0.25) is 15.5 Å². The Morgan fingerprint density at radius 1 is 1.56 bits per heavy atom. The van der Waals surface area contributed by atoms with Crippen molar-refractivity contribution in [1.29, 1.82) is 0 Å². The quantitative estimate of drug-likeness (QED) is 0.277. The van der Waals surface area contributed by atoms with Crippen LogP contribution in [0.25, 0.3) is 0 Å². The Morgan fingerprint density at radius 3 is 2.94 bits per heavy atom. The van der Waals surface area contributed by atoms with E-state index in [-0.39, 0.29) is 5.69 Å². The van der Waals surface area contributed by atoms with Crippen molar-refractivity contribution < 1.29 is 4.92 Å². The first-order chi connectivity index (χ1) is 8.65. The van der Waals surface area contributed by atoms with Crippen molar-refractivity contribution in [3.05, 3.63) is 52.6 Å². The highest BCUT2D eigenvalue weighted by Gasteiger charge is 2.09. The van der Waals surface area contributed by atoms with Crippen LogP contribution < -0.4 is 10.7 Å². The van der Waals surface area contributed by atoms with E-state index in [9.17, 15) is 10.1 Å². The third-order valence-electron chi connectivity index (χ3n) is 1.91. The Balaban J connectivity index is 2.64. The molecular formula is C11H12N4O2S. The van der Waals surface area contributed by atoms with Gasteiger partial charge in [0, 0.05) is 12.6 Å². The van der Waals surface area contributed by atoms with Gasteiger partial charge < -0.3 is 5.32 Å². The molecule has 0 aliphatic heterocycles. The van der Waals surface area contributed by atoms with Crippen LogP contribution >= 0.6 is 12.2 Å². The standard InChI is InChI=1S/C11H12N4O2S/c1-2-7-12-11(18)14-13-8-9-5-3-4-6-10(9)15(16)17/h2-6,8H,1,7H2,(H2,12,14,18)/b13-8+. The molecule has 0 radical (unpaired) electrons. The molecule has 0 unspecified atom stereocenters. The molecule has 7 heteroatoms. The van der Waals surface area contributed by atoms with E-state index in [0.29, 0.717) is 17.2 Å². The second-order valence-corrected chi connectivity index (χ2v) is 3.59. The molecule has 0 bridgehead atoms. The maximum Gasteiger partial charge on any atom is 0.278 e. The molecule has 1 aromatic carbocycles. The molecule has 0 fully saturated rings. The van der Waals surface area contributed by atoms with E-state index < -0.39 is 4.92 Å². The molecule has 0 aliphatic carbocycles. The topological polar surface area (TPSA) is 79.6 Å². The predicted octanol–water partition coefficient (Wildman–Crippen LogP) is 1.58. The van der Waals surface area contributed by atoms with E-state index in [4.69, 9.17) is 12.2 Å². The molecule has 0 spiro atoms.